The van der Waals surface area contributed by atoms with Crippen molar-refractivity contribution in [1.29, 1.82) is 0 Å². The Labute approximate surface area is 168 Å². The van der Waals surface area contributed by atoms with Crippen molar-refractivity contribution in [3.63, 3.8) is 0 Å². The first-order valence-corrected chi connectivity index (χ1v) is 9.05. The molecule has 0 aromatic heterocycles. The van der Waals surface area contributed by atoms with E-state index in [-0.39, 0.29) is 5.56 Å². The minimum Gasteiger partial charge on any atom is -0.495 e. The first-order valence-electron chi connectivity index (χ1n) is 8.67. The molecular formula is C22H20ClNO4. The first kappa shape index (κ1) is 19.6. The van der Waals surface area contributed by atoms with Crippen LogP contribution in [-0.2, 0) is 13.2 Å². The van der Waals surface area contributed by atoms with E-state index in [0.717, 1.165) is 11.1 Å². The Morgan fingerprint density at radius 2 is 1.79 bits per heavy atom. The Bertz CT molecular complexity index is 960. The van der Waals surface area contributed by atoms with Crippen molar-refractivity contribution in [2.45, 2.75) is 13.2 Å². The molecule has 0 aliphatic carbocycles. The molecule has 0 aliphatic heterocycles. The average Bonchev–Trinajstić information content (AvgIpc) is 2.72. The lowest BCUT2D eigenvalue weighted by atomic mass is 10.1. The number of hydrogen-bond acceptors (Lipinski definition) is 4. The van der Waals surface area contributed by atoms with Crippen LogP contribution in [0.2, 0.25) is 5.02 Å². The zero-order chi connectivity index (χ0) is 19.9. The van der Waals surface area contributed by atoms with Gasteiger partial charge in [0.2, 0.25) is 0 Å². The topological polar surface area (TPSA) is 67.8 Å². The van der Waals surface area contributed by atoms with E-state index in [4.69, 9.17) is 21.1 Å². The van der Waals surface area contributed by atoms with E-state index < -0.39 is 5.97 Å². The molecule has 2 N–H and O–H groups in total. The van der Waals surface area contributed by atoms with Crippen molar-refractivity contribution in [3.8, 4) is 11.5 Å². The quantitative estimate of drug-likeness (QED) is 0.544. The van der Waals surface area contributed by atoms with Crippen LogP contribution in [0.4, 0.5) is 5.69 Å². The molecule has 0 saturated carbocycles. The van der Waals surface area contributed by atoms with Gasteiger partial charge < -0.3 is 19.9 Å². The van der Waals surface area contributed by atoms with Gasteiger partial charge in [0.1, 0.15) is 18.1 Å². The van der Waals surface area contributed by atoms with E-state index in [0.29, 0.717) is 35.4 Å². The second-order valence-corrected chi connectivity index (χ2v) is 6.54. The zero-order valence-corrected chi connectivity index (χ0v) is 16.1. The predicted molar refractivity (Wildman–Crippen MR) is 110 cm³/mol. The molecule has 0 saturated heterocycles. The second kappa shape index (κ2) is 9.15. The average molecular weight is 398 g/mol. The molecule has 0 unspecified atom stereocenters. The third kappa shape index (κ3) is 4.96. The van der Waals surface area contributed by atoms with Gasteiger partial charge in [-0.15, -0.1) is 0 Å². The number of ether oxygens (including phenoxy) is 2. The maximum Gasteiger partial charge on any atom is 0.335 e. The third-order valence-corrected chi connectivity index (χ3v) is 4.41. The van der Waals surface area contributed by atoms with Crippen LogP contribution in [0.3, 0.4) is 0 Å². The van der Waals surface area contributed by atoms with Crippen LogP contribution in [0.1, 0.15) is 21.5 Å². The molecule has 0 radical (unpaired) electrons. The van der Waals surface area contributed by atoms with E-state index in [1.165, 1.54) is 19.2 Å². The molecule has 0 aliphatic rings. The highest BCUT2D eigenvalue weighted by atomic mass is 35.5. The van der Waals surface area contributed by atoms with Gasteiger partial charge in [0.05, 0.1) is 18.4 Å². The van der Waals surface area contributed by atoms with Crippen molar-refractivity contribution < 1.29 is 19.4 Å². The van der Waals surface area contributed by atoms with E-state index in [2.05, 4.69) is 5.32 Å². The minimum absolute atomic E-state index is 0.176. The standard InChI is InChI=1S/C22H20ClNO4/c1-27-21-9-7-16(22(25)26)12-19(21)24-13-17-11-18(23)8-10-20(17)28-14-15-5-3-2-4-6-15/h2-12,24H,13-14H2,1H3,(H,25,26). The number of hydrogen-bond donors (Lipinski definition) is 2. The Kier molecular flexibility index (Phi) is 6.40. The van der Waals surface area contributed by atoms with Gasteiger partial charge in [-0.25, -0.2) is 4.79 Å². The summed E-state index contributed by atoms with van der Waals surface area (Å²) in [7, 11) is 1.54. The molecule has 0 atom stereocenters. The van der Waals surface area contributed by atoms with Crippen molar-refractivity contribution >= 4 is 23.3 Å². The molecule has 0 bridgehead atoms. The fraction of sp³-hybridized carbons (Fsp3) is 0.136. The number of carboxylic acid groups (broad SMARTS) is 1. The summed E-state index contributed by atoms with van der Waals surface area (Å²) >= 11 is 6.16. The molecule has 3 aromatic rings. The molecule has 0 fully saturated rings. The number of halogens is 1. The maximum absolute atomic E-state index is 11.2. The SMILES string of the molecule is COc1ccc(C(=O)O)cc1NCc1cc(Cl)ccc1OCc1ccccc1. The molecule has 0 spiro atoms. The molecule has 28 heavy (non-hydrogen) atoms. The summed E-state index contributed by atoms with van der Waals surface area (Å²) in [6, 6.07) is 20.0. The lowest BCUT2D eigenvalue weighted by Gasteiger charge is -2.15. The van der Waals surface area contributed by atoms with Gasteiger partial charge in [0.25, 0.3) is 0 Å². The molecule has 3 aromatic carbocycles. The summed E-state index contributed by atoms with van der Waals surface area (Å²) in [5, 5.41) is 13.0. The van der Waals surface area contributed by atoms with E-state index in [1.54, 1.807) is 12.1 Å². The lowest BCUT2D eigenvalue weighted by molar-refractivity contribution is 0.0697. The summed E-state index contributed by atoms with van der Waals surface area (Å²) in [6.07, 6.45) is 0. The van der Waals surface area contributed by atoms with Crippen molar-refractivity contribution in [1.82, 2.24) is 0 Å². The number of nitrogens with one attached hydrogen (secondary N) is 1. The molecule has 144 valence electrons. The smallest absolute Gasteiger partial charge is 0.335 e. The van der Waals surface area contributed by atoms with Gasteiger partial charge >= 0.3 is 5.97 Å². The van der Waals surface area contributed by atoms with Gasteiger partial charge in [0.15, 0.2) is 0 Å². The Hall–Kier alpha value is -3.18. The van der Waals surface area contributed by atoms with Crippen LogP contribution in [0.5, 0.6) is 11.5 Å². The second-order valence-electron chi connectivity index (χ2n) is 6.10. The summed E-state index contributed by atoms with van der Waals surface area (Å²) in [6.45, 7) is 0.831. The Balaban J connectivity index is 1.78. The summed E-state index contributed by atoms with van der Waals surface area (Å²) in [5.41, 5.74) is 2.67. The fourth-order valence-electron chi connectivity index (χ4n) is 2.73. The normalized spacial score (nSPS) is 10.4. The minimum atomic E-state index is -1.000. The van der Waals surface area contributed by atoms with Crippen molar-refractivity contribution in [3.05, 3.63) is 88.4 Å². The number of anilines is 1. The van der Waals surface area contributed by atoms with E-state index >= 15 is 0 Å². The Morgan fingerprint density at radius 1 is 1.04 bits per heavy atom. The number of carbonyl (C=O) groups is 1. The van der Waals surface area contributed by atoms with Gasteiger partial charge in [-0.05, 0) is 42.0 Å². The highest BCUT2D eigenvalue weighted by Gasteiger charge is 2.11. The summed E-state index contributed by atoms with van der Waals surface area (Å²) < 4.78 is 11.3. The highest BCUT2D eigenvalue weighted by molar-refractivity contribution is 6.30. The number of rotatable bonds is 8. The van der Waals surface area contributed by atoms with Crippen LogP contribution in [0.15, 0.2) is 66.7 Å². The van der Waals surface area contributed by atoms with Crippen LogP contribution >= 0.6 is 11.6 Å². The molecular weight excluding hydrogens is 378 g/mol. The van der Waals surface area contributed by atoms with Crippen LogP contribution in [0, 0.1) is 0 Å². The van der Waals surface area contributed by atoms with E-state index in [9.17, 15) is 9.90 Å². The number of benzene rings is 3. The van der Waals surface area contributed by atoms with Gasteiger partial charge in [-0.2, -0.15) is 0 Å². The van der Waals surface area contributed by atoms with Gasteiger partial charge in [-0.1, -0.05) is 41.9 Å². The number of carboxylic acids is 1. The van der Waals surface area contributed by atoms with Gasteiger partial charge in [0, 0.05) is 17.1 Å². The third-order valence-electron chi connectivity index (χ3n) is 4.18. The molecule has 5 nitrogen and oxygen atoms in total. The van der Waals surface area contributed by atoms with Crippen molar-refractivity contribution in [2.24, 2.45) is 0 Å². The van der Waals surface area contributed by atoms with Crippen LogP contribution < -0.4 is 14.8 Å². The monoisotopic (exact) mass is 397 g/mol. The van der Waals surface area contributed by atoms with Crippen LogP contribution in [0.25, 0.3) is 0 Å². The number of aromatic carboxylic acids is 1. The summed E-state index contributed by atoms with van der Waals surface area (Å²) in [4.78, 5) is 11.2. The Morgan fingerprint density at radius 3 is 2.50 bits per heavy atom. The fourth-order valence-corrected chi connectivity index (χ4v) is 2.93. The molecule has 3 rings (SSSR count). The van der Waals surface area contributed by atoms with Gasteiger partial charge in [-0.3, -0.25) is 0 Å². The largest absolute Gasteiger partial charge is 0.495 e. The predicted octanol–water partition coefficient (Wildman–Crippen LogP) is 5.24. The zero-order valence-electron chi connectivity index (χ0n) is 15.3. The first-order chi connectivity index (χ1) is 13.6. The maximum atomic E-state index is 11.2. The molecule has 0 heterocycles. The number of methoxy groups -OCH3 is 1. The van der Waals surface area contributed by atoms with Crippen LogP contribution in [-0.4, -0.2) is 18.2 Å². The van der Waals surface area contributed by atoms with Crippen molar-refractivity contribution in [2.75, 3.05) is 12.4 Å². The lowest BCUT2D eigenvalue weighted by Crippen LogP contribution is -2.06. The highest BCUT2D eigenvalue weighted by Crippen LogP contribution is 2.29. The van der Waals surface area contributed by atoms with E-state index in [1.807, 2.05) is 42.5 Å². The summed E-state index contributed by atoms with van der Waals surface area (Å²) in [5.74, 6) is 0.258. The molecule has 0 amide bonds. The molecule has 6 heteroatoms.